The summed E-state index contributed by atoms with van der Waals surface area (Å²) in [5.41, 5.74) is -0.0455. The fourth-order valence-corrected chi connectivity index (χ4v) is 3.07. The second-order valence-electron chi connectivity index (χ2n) is 5.25. The van der Waals surface area contributed by atoms with E-state index in [1.807, 2.05) is 0 Å². The molecule has 1 atom stereocenters. The van der Waals surface area contributed by atoms with Gasteiger partial charge in [0.25, 0.3) is 5.91 Å². The van der Waals surface area contributed by atoms with E-state index in [9.17, 15) is 18.0 Å². The zero-order valence-corrected chi connectivity index (χ0v) is 12.7. The first-order chi connectivity index (χ1) is 9.93. The van der Waals surface area contributed by atoms with Gasteiger partial charge in [0.1, 0.15) is 0 Å². The van der Waals surface area contributed by atoms with Crippen LogP contribution in [0.25, 0.3) is 6.08 Å². The van der Waals surface area contributed by atoms with Crippen LogP contribution in [0.2, 0.25) is 0 Å². The van der Waals surface area contributed by atoms with Crippen LogP contribution in [0, 0.1) is 0 Å². The lowest BCUT2D eigenvalue weighted by Crippen LogP contribution is -2.44. The summed E-state index contributed by atoms with van der Waals surface area (Å²) in [6.45, 7) is 3.29. The number of hydrogen-bond donors (Lipinski definition) is 1. The molecule has 1 saturated heterocycles. The number of benzene rings is 1. The minimum Gasteiger partial charge on any atom is -0.329 e. The molecule has 3 rings (SSSR count). The van der Waals surface area contributed by atoms with Gasteiger partial charge in [0.2, 0.25) is 0 Å². The SMILES string of the molecule is CC=Cc1cc2c(c(C(F)(F)F)c1)C(=O)N1CCNC[C@@H]21.Cl. The first kappa shape index (κ1) is 16.8. The predicted molar refractivity (Wildman–Crippen MR) is 80.0 cm³/mol. The molecule has 0 aliphatic carbocycles. The molecule has 2 aliphatic heterocycles. The first-order valence-corrected chi connectivity index (χ1v) is 6.83. The molecule has 1 amide bonds. The normalized spacial score (nSPS) is 20.8. The van der Waals surface area contributed by atoms with Crippen molar-refractivity contribution in [3.05, 3.63) is 40.5 Å². The Labute approximate surface area is 132 Å². The Hall–Kier alpha value is -1.53. The van der Waals surface area contributed by atoms with Gasteiger partial charge < -0.3 is 10.2 Å². The van der Waals surface area contributed by atoms with Gasteiger partial charge in [0, 0.05) is 19.6 Å². The van der Waals surface area contributed by atoms with Crippen LogP contribution in [-0.4, -0.2) is 30.4 Å². The largest absolute Gasteiger partial charge is 0.417 e. The van der Waals surface area contributed by atoms with Crippen LogP contribution >= 0.6 is 12.4 Å². The average molecular weight is 333 g/mol. The molecular weight excluding hydrogens is 317 g/mol. The van der Waals surface area contributed by atoms with E-state index < -0.39 is 17.6 Å². The quantitative estimate of drug-likeness (QED) is 0.856. The number of alkyl halides is 3. The highest BCUT2D eigenvalue weighted by atomic mass is 35.5. The predicted octanol–water partition coefficient (Wildman–Crippen LogP) is 3.26. The number of nitrogens with one attached hydrogen (secondary N) is 1. The Morgan fingerprint density at radius 1 is 1.36 bits per heavy atom. The van der Waals surface area contributed by atoms with Gasteiger partial charge in [-0.25, -0.2) is 0 Å². The number of piperazine rings is 1. The standard InChI is InChI=1S/C15H15F3N2O.ClH/c1-2-3-9-6-10-12-8-19-4-5-20(12)14(21)13(10)11(7-9)15(16,17)18;/h2-3,6-7,12,19H,4-5,8H2,1H3;1H/t12-;/m0./s1. The van der Waals surface area contributed by atoms with Crippen molar-refractivity contribution in [3.8, 4) is 0 Å². The molecule has 0 bridgehead atoms. The maximum atomic E-state index is 13.3. The lowest BCUT2D eigenvalue weighted by Gasteiger charge is -2.30. The summed E-state index contributed by atoms with van der Waals surface area (Å²) in [6.07, 6.45) is -1.21. The summed E-state index contributed by atoms with van der Waals surface area (Å²) >= 11 is 0. The molecule has 1 fully saturated rings. The van der Waals surface area contributed by atoms with E-state index in [1.54, 1.807) is 25.1 Å². The van der Waals surface area contributed by atoms with Gasteiger partial charge in [0.05, 0.1) is 17.2 Å². The molecule has 2 heterocycles. The maximum Gasteiger partial charge on any atom is 0.417 e. The lowest BCUT2D eigenvalue weighted by molar-refractivity contribution is -0.137. The highest BCUT2D eigenvalue weighted by Gasteiger charge is 2.45. The third-order valence-electron chi connectivity index (χ3n) is 3.93. The number of hydrogen-bond acceptors (Lipinski definition) is 2. The van der Waals surface area contributed by atoms with Crippen molar-refractivity contribution >= 4 is 24.4 Å². The molecule has 1 N–H and O–H groups in total. The van der Waals surface area contributed by atoms with Crippen LogP contribution < -0.4 is 5.32 Å². The lowest BCUT2D eigenvalue weighted by atomic mass is 9.95. The Balaban J connectivity index is 0.00000176. The van der Waals surface area contributed by atoms with Crippen LogP contribution in [0.1, 0.15) is 40.0 Å². The Kier molecular flexibility index (Phi) is 4.54. The molecule has 120 valence electrons. The van der Waals surface area contributed by atoms with Crippen LogP contribution in [0.4, 0.5) is 13.2 Å². The summed E-state index contributed by atoms with van der Waals surface area (Å²) < 4.78 is 39.9. The van der Waals surface area contributed by atoms with Gasteiger partial charge in [-0.1, -0.05) is 12.2 Å². The summed E-state index contributed by atoms with van der Waals surface area (Å²) in [4.78, 5) is 13.9. The Bertz CT molecular complexity index is 628. The highest BCUT2D eigenvalue weighted by Crippen LogP contribution is 2.42. The van der Waals surface area contributed by atoms with Gasteiger partial charge in [-0.3, -0.25) is 4.79 Å². The van der Waals surface area contributed by atoms with E-state index in [0.717, 1.165) is 6.07 Å². The van der Waals surface area contributed by atoms with Crippen LogP contribution in [0.15, 0.2) is 18.2 Å². The van der Waals surface area contributed by atoms with Gasteiger partial charge in [-0.05, 0) is 30.2 Å². The molecule has 1 aromatic rings. The van der Waals surface area contributed by atoms with E-state index in [4.69, 9.17) is 0 Å². The Morgan fingerprint density at radius 2 is 2.09 bits per heavy atom. The fourth-order valence-electron chi connectivity index (χ4n) is 3.07. The van der Waals surface area contributed by atoms with E-state index in [0.29, 0.717) is 30.8 Å². The van der Waals surface area contributed by atoms with Crippen molar-refractivity contribution in [1.29, 1.82) is 0 Å². The summed E-state index contributed by atoms with van der Waals surface area (Å²) in [5.74, 6) is -0.504. The zero-order valence-electron chi connectivity index (χ0n) is 11.9. The van der Waals surface area contributed by atoms with Crippen molar-refractivity contribution in [2.24, 2.45) is 0 Å². The number of allylic oxidation sites excluding steroid dienone is 1. The molecule has 3 nitrogen and oxygen atoms in total. The second kappa shape index (κ2) is 5.93. The number of fused-ring (bicyclic) bond motifs is 3. The van der Waals surface area contributed by atoms with Crippen molar-refractivity contribution in [3.63, 3.8) is 0 Å². The maximum absolute atomic E-state index is 13.3. The van der Waals surface area contributed by atoms with E-state index in [-0.39, 0.29) is 24.0 Å². The molecule has 0 saturated carbocycles. The van der Waals surface area contributed by atoms with Gasteiger partial charge in [-0.2, -0.15) is 13.2 Å². The van der Waals surface area contributed by atoms with Crippen molar-refractivity contribution < 1.29 is 18.0 Å². The van der Waals surface area contributed by atoms with Gasteiger partial charge in [0.15, 0.2) is 0 Å². The molecule has 0 unspecified atom stereocenters. The summed E-state index contributed by atoms with van der Waals surface area (Å²) in [5, 5.41) is 3.13. The molecular formula is C15H16ClF3N2O. The van der Waals surface area contributed by atoms with Crippen LogP contribution in [0.5, 0.6) is 0 Å². The average Bonchev–Trinajstić information content (AvgIpc) is 2.72. The molecule has 2 aliphatic rings. The number of rotatable bonds is 1. The fraction of sp³-hybridized carbons (Fsp3) is 0.400. The number of nitrogens with zero attached hydrogens (tertiary/aromatic N) is 1. The monoisotopic (exact) mass is 332 g/mol. The van der Waals surface area contributed by atoms with Crippen molar-refractivity contribution in [2.45, 2.75) is 19.1 Å². The van der Waals surface area contributed by atoms with E-state index >= 15 is 0 Å². The molecule has 0 spiro atoms. The molecule has 22 heavy (non-hydrogen) atoms. The first-order valence-electron chi connectivity index (χ1n) is 6.83. The highest BCUT2D eigenvalue weighted by molar-refractivity contribution is 6.01. The summed E-state index contributed by atoms with van der Waals surface area (Å²) in [7, 11) is 0. The minimum atomic E-state index is -4.53. The molecule has 1 aromatic carbocycles. The number of carbonyl (C=O) groups excluding carboxylic acids is 1. The topological polar surface area (TPSA) is 32.3 Å². The molecule has 7 heteroatoms. The van der Waals surface area contributed by atoms with Gasteiger partial charge in [-0.15, -0.1) is 12.4 Å². The van der Waals surface area contributed by atoms with Crippen LogP contribution in [0.3, 0.4) is 0 Å². The third-order valence-corrected chi connectivity index (χ3v) is 3.93. The second-order valence-corrected chi connectivity index (χ2v) is 5.25. The molecule has 0 radical (unpaired) electrons. The van der Waals surface area contributed by atoms with Crippen LogP contribution in [-0.2, 0) is 6.18 Å². The van der Waals surface area contributed by atoms with E-state index in [2.05, 4.69) is 5.32 Å². The molecule has 0 aromatic heterocycles. The number of carbonyl (C=O) groups is 1. The number of amides is 1. The Morgan fingerprint density at radius 3 is 2.73 bits per heavy atom. The smallest absolute Gasteiger partial charge is 0.329 e. The third kappa shape index (κ3) is 2.61. The zero-order chi connectivity index (χ0) is 15.2. The minimum absolute atomic E-state index is 0. The van der Waals surface area contributed by atoms with Gasteiger partial charge >= 0.3 is 6.18 Å². The summed E-state index contributed by atoms with van der Waals surface area (Å²) in [6, 6.07) is 2.45. The number of halogens is 4. The van der Waals surface area contributed by atoms with Crippen molar-refractivity contribution in [2.75, 3.05) is 19.6 Å². The van der Waals surface area contributed by atoms with E-state index in [1.165, 1.54) is 4.90 Å². The van der Waals surface area contributed by atoms with Crippen molar-refractivity contribution in [1.82, 2.24) is 10.2 Å².